The third kappa shape index (κ3) is 19.1. The van der Waals surface area contributed by atoms with Crippen LogP contribution in [0.2, 0.25) is 0 Å². The SMILES string of the molecule is Cc1cccnc1.Cc1cccnc1.Cc1cccnc1.[Cl][Ir]([Cl])[Cl]. The third-order valence-electron chi connectivity index (χ3n) is 2.43. The van der Waals surface area contributed by atoms with E-state index >= 15 is 0 Å². The summed E-state index contributed by atoms with van der Waals surface area (Å²) in [6, 6.07) is 11.8. The van der Waals surface area contributed by atoms with E-state index in [0.29, 0.717) is 0 Å². The van der Waals surface area contributed by atoms with E-state index in [1.54, 1.807) is 18.6 Å². The van der Waals surface area contributed by atoms with Crippen LogP contribution < -0.4 is 0 Å². The van der Waals surface area contributed by atoms with Gasteiger partial charge in [-0.25, -0.2) is 0 Å². The van der Waals surface area contributed by atoms with Gasteiger partial charge in [-0.15, -0.1) is 0 Å². The van der Waals surface area contributed by atoms with Crippen LogP contribution in [-0.2, 0) is 13.5 Å². The van der Waals surface area contributed by atoms with Gasteiger partial charge in [0.15, 0.2) is 0 Å². The van der Waals surface area contributed by atoms with Gasteiger partial charge in [0.05, 0.1) is 0 Å². The molecular formula is C18H21Cl3IrN3. The zero-order valence-electron chi connectivity index (χ0n) is 14.2. The van der Waals surface area contributed by atoms with E-state index in [9.17, 15) is 0 Å². The summed E-state index contributed by atoms with van der Waals surface area (Å²) >= 11 is -1.92. The van der Waals surface area contributed by atoms with Crippen LogP contribution in [0.3, 0.4) is 0 Å². The van der Waals surface area contributed by atoms with Gasteiger partial charge in [-0.3, -0.25) is 15.0 Å². The van der Waals surface area contributed by atoms with Gasteiger partial charge in [-0.05, 0) is 55.7 Å². The Hall–Kier alpha value is -1.03. The fourth-order valence-electron chi connectivity index (χ4n) is 1.34. The van der Waals surface area contributed by atoms with Crippen LogP contribution in [0.5, 0.6) is 0 Å². The predicted molar refractivity (Wildman–Crippen MR) is 104 cm³/mol. The first kappa shape index (κ1) is 24.0. The number of pyridine rings is 3. The van der Waals surface area contributed by atoms with E-state index in [1.807, 2.05) is 75.8 Å². The van der Waals surface area contributed by atoms with Crippen molar-refractivity contribution in [2.45, 2.75) is 20.8 Å². The fraction of sp³-hybridized carbons (Fsp3) is 0.167. The van der Waals surface area contributed by atoms with Crippen molar-refractivity contribution in [3.63, 3.8) is 0 Å². The van der Waals surface area contributed by atoms with Crippen molar-refractivity contribution in [1.82, 2.24) is 15.0 Å². The molecule has 0 radical (unpaired) electrons. The summed E-state index contributed by atoms with van der Waals surface area (Å²) in [6.45, 7) is 6.06. The molecule has 3 rings (SSSR count). The van der Waals surface area contributed by atoms with Gasteiger partial charge in [-0.2, -0.15) is 0 Å². The Kier molecular flexibility index (Phi) is 15.8. The molecular weight excluding hydrogens is 557 g/mol. The summed E-state index contributed by atoms with van der Waals surface area (Å²) in [5.41, 5.74) is 3.63. The first-order chi connectivity index (χ1) is 11.9. The van der Waals surface area contributed by atoms with Crippen LogP contribution in [0.25, 0.3) is 0 Å². The van der Waals surface area contributed by atoms with Gasteiger partial charge in [0.1, 0.15) is 0 Å². The average molecular weight is 578 g/mol. The summed E-state index contributed by atoms with van der Waals surface area (Å²) in [4.78, 5) is 11.7. The standard InChI is InChI=1S/3C6H7N.3ClH.Ir/c3*1-6-3-2-4-7-5-6;;;;/h3*2-5H,1H3;3*1H;/q;;;;;;+3/p-3. The molecule has 0 atom stereocenters. The van der Waals surface area contributed by atoms with Crippen molar-refractivity contribution in [2.24, 2.45) is 0 Å². The van der Waals surface area contributed by atoms with Crippen LogP contribution in [0.1, 0.15) is 16.7 Å². The van der Waals surface area contributed by atoms with E-state index in [0.717, 1.165) is 0 Å². The van der Waals surface area contributed by atoms with Crippen molar-refractivity contribution < 1.29 is 13.5 Å². The maximum absolute atomic E-state index is 4.97. The number of nitrogens with zero attached hydrogens (tertiary/aromatic N) is 3. The summed E-state index contributed by atoms with van der Waals surface area (Å²) in [7, 11) is 14.9. The molecule has 0 saturated carbocycles. The number of aromatic nitrogens is 3. The molecule has 3 heterocycles. The van der Waals surface area contributed by atoms with Gasteiger partial charge in [0.25, 0.3) is 0 Å². The topological polar surface area (TPSA) is 38.7 Å². The van der Waals surface area contributed by atoms with Crippen molar-refractivity contribution in [1.29, 1.82) is 0 Å². The summed E-state index contributed by atoms with van der Waals surface area (Å²) in [6.07, 6.45) is 10.8. The molecule has 0 aromatic carbocycles. The second-order valence-corrected chi connectivity index (χ2v) is 15.1. The number of hydrogen-bond acceptors (Lipinski definition) is 3. The van der Waals surface area contributed by atoms with E-state index in [-0.39, 0.29) is 0 Å². The minimum absolute atomic E-state index is 1.21. The predicted octanol–water partition coefficient (Wildman–Crippen LogP) is 6.24. The Bertz CT molecular complexity index is 550. The molecule has 138 valence electrons. The molecule has 0 N–H and O–H groups in total. The Morgan fingerprint density at radius 1 is 0.600 bits per heavy atom. The van der Waals surface area contributed by atoms with Gasteiger partial charge in [0.2, 0.25) is 0 Å². The molecule has 25 heavy (non-hydrogen) atoms. The molecule has 0 saturated heterocycles. The van der Waals surface area contributed by atoms with Crippen LogP contribution in [0.4, 0.5) is 0 Å². The summed E-state index contributed by atoms with van der Waals surface area (Å²) in [5.74, 6) is 0. The molecule has 0 aliphatic carbocycles. The number of rotatable bonds is 0. The average Bonchev–Trinajstić information content (AvgIpc) is 2.58. The number of hydrogen-bond donors (Lipinski definition) is 0. The van der Waals surface area contributed by atoms with Crippen molar-refractivity contribution in [3.05, 3.63) is 90.3 Å². The molecule has 0 unspecified atom stereocenters. The molecule has 3 aromatic rings. The molecule has 0 aliphatic rings. The third-order valence-corrected chi connectivity index (χ3v) is 2.43. The van der Waals surface area contributed by atoms with Crippen LogP contribution in [0, 0.1) is 20.8 Å². The molecule has 0 aliphatic heterocycles. The van der Waals surface area contributed by atoms with E-state index in [1.165, 1.54) is 16.7 Å². The normalized spacial score (nSPS) is 9.12. The van der Waals surface area contributed by atoms with Gasteiger partial charge < -0.3 is 0 Å². The monoisotopic (exact) mass is 577 g/mol. The molecule has 0 fully saturated rings. The Labute approximate surface area is 167 Å². The Morgan fingerprint density at radius 2 is 0.840 bits per heavy atom. The molecule has 0 bridgehead atoms. The molecule has 7 heteroatoms. The van der Waals surface area contributed by atoms with Gasteiger partial charge >= 0.3 is 42.2 Å². The quantitative estimate of drug-likeness (QED) is 0.318. The summed E-state index contributed by atoms with van der Waals surface area (Å²) < 4.78 is 0. The zero-order chi connectivity index (χ0) is 18.9. The van der Waals surface area contributed by atoms with Crippen LogP contribution in [0.15, 0.2) is 73.6 Å². The van der Waals surface area contributed by atoms with Gasteiger partial charge in [-0.1, -0.05) is 18.2 Å². The molecule has 3 aromatic heterocycles. The Morgan fingerprint density at radius 3 is 0.920 bits per heavy atom. The molecule has 0 amide bonds. The van der Waals surface area contributed by atoms with E-state index in [2.05, 4.69) is 15.0 Å². The molecule has 3 nitrogen and oxygen atoms in total. The number of aryl methyl sites for hydroxylation is 3. The zero-order valence-corrected chi connectivity index (χ0v) is 18.9. The van der Waals surface area contributed by atoms with E-state index < -0.39 is 13.5 Å². The number of halogens is 3. The first-order valence-electron chi connectivity index (χ1n) is 7.16. The minimum atomic E-state index is -1.92. The maximum atomic E-state index is 4.97. The van der Waals surface area contributed by atoms with Crippen molar-refractivity contribution >= 4 is 28.8 Å². The second-order valence-electron chi connectivity index (χ2n) is 4.73. The second kappa shape index (κ2) is 16.4. The fourth-order valence-corrected chi connectivity index (χ4v) is 1.34. The summed E-state index contributed by atoms with van der Waals surface area (Å²) in [5, 5.41) is 0. The Balaban J connectivity index is 0.000000314. The van der Waals surface area contributed by atoms with Crippen molar-refractivity contribution in [3.8, 4) is 0 Å². The first-order valence-corrected chi connectivity index (χ1v) is 16.1. The van der Waals surface area contributed by atoms with Gasteiger partial charge in [0, 0.05) is 37.2 Å². The van der Waals surface area contributed by atoms with Crippen LogP contribution in [-0.4, -0.2) is 15.0 Å². The molecule has 0 spiro atoms. The van der Waals surface area contributed by atoms with Crippen LogP contribution >= 0.6 is 28.8 Å². The van der Waals surface area contributed by atoms with Crippen molar-refractivity contribution in [2.75, 3.05) is 0 Å². The van der Waals surface area contributed by atoms with E-state index in [4.69, 9.17) is 28.8 Å².